The topological polar surface area (TPSA) is 95.9 Å². The Morgan fingerprint density at radius 3 is 2.75 bits per heavy atom. The van der Waals surface area contributed by atoms with Crippen LogP contribution >= 0.6 is 11.8 Å². The second kappa shape index (κ2) is 8.61. The Kier molecular flexibility index (Phi) is 6.59. The molecule has 0 aliphatic carbocycles. The van der Waals surface area contributed by atoms with Gasteiger partial charge in [0.05, 0.1) is 29.8 Å². The van der Waals surface area contributed by atoms with Gasteiger partial charge in [0.1, 0.15) is 6.04 Å². The lowest BCUT2D eigenvalue weighted by Gasteiger charge is -2.38. The van der Waals surface area contributed by atoms with E-state index < -0.39 is 22.6 Å². The van der Waals surface area contributed by atoms with Crippen molar-refractivity contribution in [2.45, 2.75) is 62.5 Å². The highest BCUT2D eigenvalue weighted by Gasteiger charge is 2.76. The molecule has 8 heteroatoms. The summed E-state index contributed by atoms with van der Waals surface area (Å²) in [6.07, 6.45) is 3.80. The number of aliphatic hydroxyl groups is 1. The van der Waals surface area contributed by atoms with Gasteiger partial charge >= 0.3 is 5.97 Å². The molecular weight excluding hydrogens is 380 g/mol. The highest BCUT2D eigenvalue weighted by atomic mass is 32.2. The number of fused-ring (bicyclic) bond motifs is 1. The van der Waals surface area contributed by atoms with Gasteiger partial charge in [-0.3, -0.25) is 14.4 Å². The van der Waals surface area contributed by atoms with Crippen LogP contribution in [0.3, 0.4) is 0 Å². The highest BCUT2D eigenvalue weighted by molar-refractivity contribution is 8.02. The predicted molar refractivity (Wildman–Crippen MR) is 107 cm³/mol. The van der Waals surface area contributed by atoms with Crippen molar-refractivity contribution in [3.63, 3.8) is 0 Å². The SMILES string of the molecule is CCCCCNC(=O)C1N(CCO)C(=O)[C@@H]2[C@H](C(=O)OCC)[C@@H]3CC(C)C12S3. The summed E-state index contributed by atoms with van der Waals surface area (Å²) in [4.78, 5) is 40.7. The average Bonchev–Trinajstić information content (AvgIpc) is 3.24. The molecule has 0 aromatic rings. The number of esters is 1. The summed E-state index contributed by atoms with van der Waals surface area (Å²) in [5.74, 6) is -1.61. The van der Waals surface area contributed by atoms with Crippen molar-refractivity contribution in [2.24, 2.45) is 17.8 Å². The van der Waals surface area contributed by atoms with E-state index in [1.165, 1.54) is 4.90 Å². The summed E-state index contributed by atoms with van der Waals surface area (Å²) < 4.78 is 4.65. The van der Waals surface area contributed by atoms with Crippen LogP contribution in [-0.4, -0.2) is 70.1 Å². The van der Waals surface area contributed by atoms with E-state index in [1.807, 2.05) is 0 Å². The van der Waals surface area contributed by atoms with Gasteiger partial charge in [-0.2, -0.15) is 0 Å². The third-order valence-electron chi connectivity index (χ3n) is 6.47. The second-order valence-corrected chi connectivity index (χ2v) is 9.61. The number of β-amino-alcohol motifs (C(OH)–C–C–N with tert-alkyl or cyclic N) is 1. The second-order valence-electron chi connectivity index (χ2n) is 8.06. The Morgan fingerprint density at radius 1 is 1.36 bits per heavy atom. The quantitative estimate of drug-likeness (QED) is 0.436. The number of aliphatic hydroxyl groups excluding tert-OH is 1. The Labute approximate surface area is 170 Å². The number of likely N-dealkylation sites (tertiary alicyclic amines) is 1. The normalized spacial score (nSPS) is 35.9. The molecule has 3 fully saturated rings. The molecule has 6 atom stereocenters. The Bertz CT molecular complexity index is 630. The van der Waals surface area contributed by atoms with E-state index in [9.17, 15) is 19.5 Å². The molecule has 3 rings (SSSR count). The largest absolute Gasteiger partial charge is 0.466 e. The van der Waals surface area contributed by atoms with Crippen molar-refractivity contribution in [3.8, 4) is 0 Å². The fourth-order valence-corrected chi connectivity index (χ4v) is 7.77. The van der Waals surface area contributed by atoms with Crippen LogP contribution in [0, 0.1) is 17.8 Å². The van der Waals surface area contributed by atoms with Gasteiger partial charge < -0.3 is 20.1 Å². The molecule has 3 aliphatic rings. The van der Waals surface area contributed by atoms with Crippen LogP contribution in [0.15, 0.2) is 0 Å². The highest BCUT2D eigenvalue weighted by Crippen LogP contribution is 2.68. The zero-order valence-corrected chi connectivity index (χ0v) is 17.8. The third-order valence-corrected chi connectivity index (χ3v) is 8.55. The number of nitrogens with one attached hydrogen (secondary N) is 1. The lowest BCUT2D eigenvalue weighted by molar-refractivity contribution is -0.154. The number of thioether (sulfide) groups is 1. The van der Waals surface area contributed by atoms with E-state index >= 15 is 0 Å². The van der Waals surface area contributed by atoms with Gasteiger partial charge in [-0.15, -0.1) is 11.8 Å². The van der Waals surface area contributed by atoms with E-state index in [1.54, 1.807) is 18.7 Å². The fourth-order valence-electron chi connectivity index (χ4n) is 5.36. The monoisotopic (exact) mass is 412 g/mol. The van der Waals surface area contributed by atoms with Gasteiger partial charge in [-0.1, -0.05) is 26.7 Å². The number of nitrogens with zero attached hydrogens (tertiary/aromatic N) is 1. The van der Waals surface area contributed by atoms with E-state index in [4.69, 9.17) is 4.74 Å². The van der Waals surface area contributed by atoms with Crippen molar-refractivity contribution in [3.05, 3.63) is 0 Å². The summed E-state index contributed by atoms with van der Waals surface area (Å²) in [6.45, 7) is 6.70. The van der Waals surface area contributed by atoms with Crippen molar-refractivity contribution in [1.82, 2.24) is 10.2 Å². The summed E-state index contributed by atoms with van der Waals surface area (Å²) >= 11 is 1.63. The maximum Gasteiger partial charge on any atom is 0.310 e. The number of carbonyl (C=O) groups is 3. The van der Waals surface area contributed by atoms with E-state index in [2.05, 4.69) is 19.2 Å². The lowest BCUT2D eigenvalue weighted by atomic mass is 9.66. The number of ether oxygens (including phenoxy) is 1. The van der Waals surface area contributed by atoms with Crippen LogP contribution in [0.5, 0.6) is 0 Å². The molecule has 2 amide bonds. The Hall–Kier alpha value is -1.28. The first-order valence-corrected chi connectivity index (χ1v) is 11.3. The van der Waals surface area contributed by atoms with Crippen LogP contribution in [0.4, 0.5) is 0 Å². The molecular formula is C20H32N2O5S. The average molecular weight is 413 g/mol. The molecule has 3 aliphatic heterocycles. The zero-order valence-electron chi connectivity index (χ0n) is 17.0. The van der Waals surface area contributed by atoms with Crippen molar-refractivity contribution in [2.75, 3.05) is 26.3 Å². The molecule has 158 valence electrons. The summed E-state index contributed by atoms with van der Waals surface area (Å²) in [5, 5.41) is 12.5. The lowest BCUT2D eigenvalue weighted by Crippen LogP contribution is -2.56. The summed E-state index contributed by atoms with van der Waals surface area (Å²) in [7, 11) is 0. The van der Waals surface area contributed by atoms with Crippen LogP contribution < -0.4 is 5.32 Å². The molecule has 3 unspecified atom stereocenters. The molecule has 2 bridgehead atoms. The molecule has 2 N–H and O–H groups in total. The molecule has 1 spiro atoms. The minimum Gasteiger partial charge on any atom is -0.466 e. The molecule has 3 saturated heterocycles. The first-order chi connectivity index (χ1) is 13.4. The molecule has 7 nitrogen and oxygen atoms in total. The molecule has 0 radical (unpaired) electrons. The summed E-state index contributed by atoms with van der Waals surface area (Å²) in [5.41, 5.74) is 0. The smallest absolute Gasteiger partial charge is 0.310 e. The predicted octanol–water partition coefficient (Wildman–Crippen LogP) is 1.19. The van der Waals surface area contributed by atoms with Gasteiger partial charge in [0.2, 0.25) is 11.8 Å². The van der Waals surface area contributed by atoms with E-state index in [-0.39, 0.29) is 48.7 Å². The maximum atomic E-state index is 13.3. The number of hydrogen-bond donors (Lipinski definition) is 2. The standard InChI is InChI=1S/C20H32N2O5S/c1-4-6-7-8-21-17(24)16-20-12(3)11-13(28-20)14(19(26)27-5-2)15(20)18(25)22(16)9-10-23/h12-16,23H,4-11H2,1-3H3,(H,21,24)/t12?,13-,14+,15-,16?,20?/m0/s1. The van der Waals surface area contributed by atoms with E-state index in [0.29, 0.717) is 6.54 Å². The number of hydrogen-bond acceptors (Lipinski definition) is 6. The van der Waals surface area contributed by atoms with E-state index in [0.717, 1.165) is 25.7 Å². The third kappa shape index (κ3) is 3.22. The van der Waals surface area contributed by atoms with Gasteiger partial charge in [0.15, 0.2) is 0 Å². The number of amides is 2. The van der Waals surface area contributed by atoms with Crippen molar-refractivity contribution >= 4 is 29.5 Å². The van der Waals surface area contributed by atoms with Crippen LogP contribution in [0.25, 0.3) is 0 Å². The van der Waals surface area contributed by atoms with Crippen molar-refractivity contribution < 1.29 is 24.2 Å². The molecule has 0 saturated carbocycles. The van der Waals surface area contributed by atoms with Gasteiger partial charge in [0.25, 0.3) is 0 Å². The van der Waals surface area contributed by atoms with Gasteiger partial charge in [-0.25, -0.2) is 0 Å². The Morgan fingerprint density at radius 2 is 2.11 bits per heavy atom. The first kappa shape index (κ1) is 21.4. The number of rotatable bonds is 9. The number of carbonyl (C=O) groups excluding carboxylic acids is 3. The number of unbranched alkanes of at least 4 members (excludes halogenated alkanes) is 2. The molecule has 0 aromatic carbocycles. The fraction of sp³-hybridized carbons (Fsp3) is 0.850. The van der Waals surface area contributed by atoms with Gasteiger partial charge in [0, 0.05) is 18.3 Å². The Balaban J connectivity index is 1.91. The molecule has 0 aromatic heterocycles. The first-order valence-electron chi connectivity index (χ1n) is 10.5. The van der Waals surface area contributed by atoms with Crippen LogP contribution in [0.1, 0.15) is 46.5 Å². The summed E-state index contributed by atoms with van der Waals surface area (Å²) in [6, 6.07) is -0.650. The van der Waals surface area contributed by atoms with Crippen LogP contribution in [-0.2, 0) is 19.1 Å². The molecule has 3 heterocycles. The zero-order chi connectivity index (χ0) is 20.5. The molecule has 28 heavy (non-hydrogen) atoms. The van der Waals surface area contributed by atoms with Crippen molar-refractivity contribution in [1.29, 1.82) is 0 Å². The minimum absolute atomic E-state index is 0.00895. The van der Waals surface area contributed by atoms with Gasteiger partial charge in [-0.05, 0) is 25.7 Å². The maximum absolute atomic E-state index is 13.3. The minimum atomic E-state index is -0.650. The van der Waals surface area contributed by atoms with Crippen LogP contribution in [0.2, 0.25) is 0 Å².